The lowest BCUT2D eigenvalue weighted by Crippen LogP contribution is -2.24. The van der Waals surface area contributed by atoms with Crippen LogP contribution in [0.4, 0.5) is 10.7 Å². The predicted molar refractivity (Wildman–Crippen MR) is 120 cm³/mol. The molecule has 2 amide bonds. The lowest BCUT2D eigenvalue weighted by atomic mass is 9.88. The van der Waals surface area contributed by atoms with Gasteiger partial charge in [0.25, 0.3) is 5.91 Å². The number of carboxylic acids is 1. The van der Waals surface area contributed by atoms with Crippen LogP contribution in [0.5, 0.6) is 0 Å². The van der Waals surface area contributed by atoms with Crippen LogP contribution in [0.3, 0.4) is 0 Å². The van der Waals surface area contributed by atoms with Crippen molar-refractivity contribution in [3.63, 3.8) is 0 Å². The minimum Gasteiger partial charge on any atom is -0.550 e. The van der Waals surface area contributed by atoms with Crippen LogP contribution in [0.15, 0.2) is 42.5 Å². The van der Waals surface area contributed by atoms with Crippen LogP contribution in [0.1, 0.15) is 47.0 Å². The monoisotopic (exact) mass is 435 g/mol. The number of nitrogens with one attached hydrogen (secondary N) is 2. The van der Waals surface area contributed by atoms with Gasteiger partial charge in [-0.15, -0.1) is 11.3 Å². The molecule has 0 spiro atoms. The predicted octanol–water partition coefficient (Wildman–Crippen LogP) is 3.75. The number of amides is 2. The number of carbonyl (C=O) groups excluding carboxylic acids is 3. The third kappa shape index (κ3) is 4.61. The van der Waals surface area contributed by atoms with Gasteiger partial charge < -0.3 is 20.5 Å². The van der Waals surface area contributed by atoms with E-state index in [9.17, 15) is 19.5 Å². The molecule has 6 nitrogen and oxygen atoms in total. The summed E-state index contributed by atoms with van der Waals surface area (Å²) in [5.41, 5.74) is 2.18. The zero-order valence-corrected chi connectivity index (χ0v) is 18.0. The lowest BCUT2D eigenvalue weighted by molar-refractivity contribution is -0.305. The average Bonchev–Trinajstić information content (AvgIpc) is 3.09. The number of hydrogen-bond acceptors (Lipinski definition) is 5. The first-order valence-corrected chi connectivity index (χ1v) is 11.2. The van der Waals surface area contributed by atoms with Crippen LogP contribution >= 0.6 is 11.3 Å². The largest absolute Gasteiger partial charge is 0.550 e. The van der Waals surface area contributed by atoms with Gasteiger partial charge in [-0.2, -0.15) is 0 Å². The topological polar surface area (TPSA) is 98.3 Å². The molecule has 0 saturated heterocycles. The number of carbonyl (C=O) groups is 3. The summed E-state index contributed by atoms with van der Waals surface area (Å²) < 4.78 is 0. The van der Waals surface area contributed by atoms with E-state index in [1.807, 2.05) is 42.5 Å². The molecular formula is C24H23N2O4S-. The third-order valence-corrected chi connectivity index (χ3v) is 6.76. The summed E-state index contributed by atoms with van der Waals surface area (Å²) in [4.78, 5) is 37.4. The highest BCUT2D eigenvalue weighted by Crippen LogP contribution is 2.40. The molecule has 0 radical (unpaired) electrons. The fourth-order valence-electron chi connectivity index (χ4n) is 4.00. The van der Waals surface area contributed by atoms with E-state index in [1.165, 1.54) is 11.3 Å². The average molecular weight is 436 g/mol. The van der Waals surface area contributed by atoms with Gasteiger partial charge in [0.2, 0.25) is 5.91 Å². The maximum atomic E-state index is 13.4. The molecule has 0 saturated carbocycles. The zero-order chi connectivity index (χ0) is 22.0. The van der Waals surface area contributed by atoms with Crippen LogP contribution < -0.4 is 15.7 Å². The van der Waals surface area contributed by atoms with Gasteiger partial charge in [-0.25, -0.2) is 0 Å². The Bertz CT molecular complexity index is 1160. The molecule has 4 rings (SSSR count). The van der Waals surface area contributed by atoms with Crippen LogP contribution in [0.25, 0.3) is 10.8 Å². The van der Waals surface area contributed by atoms with E-state index in [2.05, 4.69) is 17.6 Å². The number of benzene rings is 2. The highest BCUT2D eigenvalue weighted by molar-refractivity contribution is 7.17. The number of hydrogen-bond donors (Lipinski definition) is 2. The van der Waals surface area contributed by atoms with Crippen LogP contribution in [-0.4, -0.2) is 17.8 Å². The minimum atomic E-state index is -1.27. The van der Waals surface area contributed by atoms with Gasteiger partial charge in [0.05, 0.1) is 5.56 Å². The molecule has 3 aromatic rings. The highest BCUT2D eigenvalue weighted by Gasteiger charge is 2.28. The number of carboxylic acid groups (broad SMARTS) is 1. The quantitative estimate of drug-likeness (QED) is 0.616. The first-order valence-electron chi connectivity index (χ1n) is 10.4. The number of fused-ring (bicyclic) bond motifs is 2. The summed E-state index contributed by atoms with van der Waals surface area (Å²) in [6, 6.07) is 13.6. The number of thiophene rings is 1. The van der Waals surface area contributed by atoms with Gasteiger partial charge >= 0.3 is 0 Å². The summed E-state index contributed by atoms with van der Waals surface area (Å²) in [7, 11) is 0. The van der Waals surface area contributed by atoms with Crippen molar-refractivity contribution in [2.75, 3.05) is 10.6 Å². The van der Waals surface area contributed by atoms with Crippen LogP contribution in [0.2, 0.25) is 0 Å². The lowest BCUT2D eigenvalue weighted by Gasteiger charge is -2.19. The Labute approximate surface area is 184 Å². The maximum absolute atomic E-state index is 13.4. The Kier molecular flexibility index (Phi) is 6.04. The molecule has 2 aromatic carbocycles. The van der Waals surface area contributed by atoms with Crippen molar-refractivity contribution in [1.82, 2.24) is 0 Å². The van der Waals surface area contributed by atoms with Crippen molar-refractivity contribution in [3.05, 3.63) is 58.5 Å². The molecule has 1 aliphatic rings. The van der Waals surface area contributed by atoms with Crippen molar-refractivity contribution in [1.29, 1.82) is 0 Å². The smallest absolute Gasteiger partial charge is 0.258 e. The van der Waals surface area contributed by atoms with E-state index in [0.717, 1.165) is 40.5 Å². The molecule has 0 aliphatic heterocycles. The number of aliphatic carboxylic acids is 1. The van der Waals surface area contributed by atoms with Crippen LogP contribution in [-0.2, 0) is 22.4 Å². The van der Waals surface area contributed by atoms with Gasteiger partial charge in [0.1, 0.15) is 5.00 Å². The summed E-state index contributed by atoms with van der Waals surface area (Å²) >= 11 is 1.41. The van der Waals surface area contributed by atoms with Crippen LogP contribution in [0, 0.1) is 5.92 Å². The van der Waals surface area contributed by atoms with E-state index >= 15 is 0 Å². The number of rotatable bonds is 6. The summed E-state index contributed by atoms with van der Waals surface area (Å²) in [5.74, 6) is -1.46. The van der Waals surface area contributed by atoms with E-state index in [1.54, 1.807) is 0 Å². The normalized spacial score (nSPS) is 15.3. The van der Waals surface area contributed by atoms with Gasteiger partial charge in [0, 0.05) is 28.3 Å². The van der Waals surface area contributed by atoms with Gasteiger partial charge in [-0.3, -0.25) is 9.59 Å². The van der Waals surface area contributed by atoms with E-state index in [-0.39, 0.29) is 18.7 Å². The second kappa shape index (κ2) is 8.89. The van der Waals surface area contributed by atoms with Gasteiger partial charge in [-0.1, -0.05) is 43.3 Å². The molecule has 1 unspecified atom stereocenters. The molecule has 7 heteroatoms. The molecule has 2 N–H and O–H groups in total. The maximum Gasteiger partial charge on any atom is 0.258 e. The Hall–Kier alpha value is -3.19. The Morgan fingerprint density at radius 2 is 1.84 bits per heavy atom. The molecule has 1 heterocycles. The molecule has 1 aliphatic carbocycles. The number of anilines is 2. The van der Waals surface area contributed by atoms with E-state index in [0.29, 0.717) is 22.2 Å². The highest BCUT2D eigenvalue weighted by atomic mass is 32.1. The van der Waals surface area contributed by atoms with E-state index in [4.69, 9.17) is 0 Å². The fourth-order valence-corrected chi connectivity index (χ4v) is 5.43. The first-order chi connectivity index (χ1) is 14.9. The molecule has 31 heavy (non-hydrogen) atoms. The molecule has 0 fully saturated rings. The van der Waals surface area contributed by atoms with Crippen molar-refractivity contribution in [3.8, 4) is 0 Å². The Balaban J connectivity index is 1.66. The molecule has 1 atom stereocenters. The summed E-state index contributed by atoms with van der Waals surface area (Å²) in [6.45, 7) is 2.18. The van der Waals surface area contributed by atoms with E-state index < -0.39 is 11.9 Å². The second-order valence-corrected chi connectivity index (χ2v) is 9.06. The Morgan fingerprint density at radius 3 is 2.65 bits per heavy atom. The molecule has 0 bridgehead atoms. The summed E-state index contributed by atoms with van der Waals surface area (Å²) in [6.07, 6.45) is 2.08. The summed E-state index contributed by atoms with van der Waals surface area (Å²) in [5, 5.41) is 18.9. The third-order valence-electron chi connectivity index (χ3n) is 5.59. The van der Waals surface area contributed by atoms with Gasteiger partial charge in [0.15, 0.2) is 0 Å². The fraction of sp³-hybridized carbons (Fsp3) is 0.292. The zero-order valence-electron chi connectivity index (χ0n) is 17.2. The minimum absolute atomic E-state index is 0.189. The molecule has 160 valence electrons. The Morgan fingerprint density at radius 1 is 1.06 bits per heavy atom. The standard InChI is InChI=1S/C24H24N2O4S/c1-14-9-10-17-19(13-14)31-24(26-20(27)11-12-21(28)29)22(17)23(30)25-18-8-4-6-15-5-2-3-7-16(15)18/h2-8,14H,9-13H2,1H3,(H,25,30)(H,26,27)(H,28,29)/p-1. The van der Waals surface area contributed by atoms with Crippen molar-refractivity contribution in [2.24, 2.45) is 5.92 Å². The van der Waals surface area contributed by atoms with Crippen molar-refractivity contribution in [2.45, 2.75) is 39.0 Å². The van der Waals surface area contributed by atoms with Gasteiger partial charge in [-0.05, 0) is 48.6 Å². The molecular weight excluding hydrogens is 412 g/mol. The second-order valence-electron chi connectivity index (χ2n) is 7.96. The molecule has 1 aromatic heterocycles. The van der Waals surface area contributed by atoms with Crippen molar-refractivity contribution < 1.29 is 19.5 Å². The van der Waals surface area contributed by atoms with Crippen molar-refractivity contribution >= 4 is 50.6 Å². The SMILES string of the molecule is CC1CCc2c(sc(NC(=O)CCC(=O)[O-])c2C(=O)Nc2cccc3ccccc23)C1. The first kappa shape index (κ1) is 21.1.